The van der Waals surface area contributed by atoms with Crippen molar-refractivity contribution in [3.05, 3.63) is 10.6 Å². The van der Waals surface area contributed by atoms with Gasteiger partial charge in [0.25, 0.3) is 0 Å². The molecule has 0 spiro atoms. The average molecular weight is 323 g/mol. The Hall–Kier alpha value is -0.590. The van der Waals surface area contributed by atoms with Gasteiger partial charge in [-0.05, 0) is 18.6 Å². The van der Waals surface area contributed by atoms with Crippen LogP contribution < -0.4 is 5.32 Å². The second kappa shape index (κ2) is 5.42. The monoisotopic (exact) mass is 322 g/mol. The van der Waals surface area contributed by atoms with Gasteiger partial charge >= 0.3 is 0 Å². The van der Waals surface area contributed by atoms with Crippen LogP contribution in [0.3, 0.4) is 0 Å². The minimum Gasteiger partial charge on any atom is -0.354 e. The number of hydrogen-bond acceptors (Lipinski definition) is 3. The van der Waals surface area contributed by atoms with Crippen molar-refractivity contribution >= 4 is 41.3 Å². The highest BCUT2D eigenvalue weighted by molar-refractivity contribution is 7.71. The predicted octanol–water partition coefficient (Wildman–Crippen LogP) is 2.37. The molecule has 1 aliphatic carbocycles. The second-order valence-electron chi connectivity index (χ2n) is 5.00. The summed E-state index contributed by atoms with van der Waals surface area (Å²) in [7, 11) is 0. The first-order valence-electron chi connectivity index (χ1n) is 6.13. The molecule has 0 radical (unpaired) electrons. The molecule has 1 aromatic rings. The van der Waals surface area contributed by atoms with Crippen LogP contribution in [0.1, 0.15) is 32.0 Å². The van der Waals surface area contributed by atoms with Gasteiger partial charge in [-0.3, -0.25) is 9.89 Å². The number of aromatic nitrogens is 3. The molecule has 1 aromatic heterocycles. The Morgan fingerprint density at radius 1 is 1.68 bits per heavy atom. The summed E-state index contributed by atoms with van der Waals surface area (Å²) >= 11 is 16.8. The van der Waals surface area contributed by atoms with Gasteiger partial charge in [0.1, 0.15) is 10.2 Å². The second-order valence-corrected chi connectivity index (χ2v) is 6.93. The number of hydrogen-bond donors (Lipinski definition) is 2. The Morgan fingerprint density at radius 2 is 2.32 bits per heavy atom. The van der Waals surface area contributed by atoms with Gasteiger partial charge < -0.3 is 9.88 Å². The molecule has 1 amide bonds. The number of carbonyl (C=O) groups excluding carboxylic acids is 1. The molecule has 2 N–H and O–H groups in total. The van der Waals surface area contributed by atoms with E-state index in [4.69, 9.17) is 35.4 Å². The lowest BCUT2D eigenvalue weighted by atomic mass is 10.2. The molecule has 0 saturated heterocycles. The van der Waals surface area contributed by atoms with Crippen molar-refractivity contribution in [1.29, 1.82) is 0 Å². The van der Waals surface area contributed by atoms with Gasteiger partial charge in [0.05, 0.1) is 5.92 Å². The molecule has 19 heavy (non-hydrogen) atoms. The number of alkyl halides is 2. The standard InChI is InChI=1S/C11H16Cl2N4OS/c1-6(2)8-15-16-10(19)17(8)4-3-14-9(18)7-5-11(7,12)13/h6-7H,3-5H2,1-2H3,(H,14,18)(H,16,19)/t7-/m0/s1. The Bertz CT molecular complexity index is 537. The van der Waals surface area contributed by atoms with E-state index >= 15 is 0 Å². The average Bonchev–Trinajstić information content (AvgIpc) is 2.79. The molecule has 1 saturated carbocycles. The van der Waals surface area contributed by atoms with E-state index in [9.17, 15) is 4.79 Å². The number of amides is 1. The Balaban J connectivity index is 1.88. The van der Waals surface area contributed by atoms with Gasteiger partial charge in [-0.25, -0.2) is 0 Å². The lowest BCUT2D eigenvalue weighted by Gasteiger charge is -2.10. The molecule has 0 aliphatic heterocycles. The Kier molecular flexibility index (Phi) is 4.23. The first-order valence-corrected chi connectivity index (χ1v) is 7.30. The summed E-state index contributed by atoms with van der Waals surface area (Å²) in [6.45, 7) is 5.14. The minimum atomic E-state index is -0.876. The molecular weight excluding hydrogens is 307 g/mol. The first kappa shape index (κ1) is 14.8. The van der Waals surface area contributed by atoms with Crippen LogP contribution in [-0.4, -0.2) is 31.5 Å². The van der Waals surface area contributed by atoms with Gasteiger partial charge in [0.2, 0.25) is 5.91 Å². The topological polar surface area (TPSA) is 62.7 Å². The molecule has 0 aromatic carbocycles. The number of rotatable bonds is 5. The maximum Gasteiger partial charge on any atom is 0.226 e. The molecule has 8 heteroatoms. The highest BCUT2D eigenvalue weighted by Gasteiger charge is 2.56. The van der Waals surface area contributed by atoms with Gasteiger partial charge in [-0.1, -0.05) is 13.8 Å². The third kappa shape index (κ3) is 3.30. The van der Waals surface area contributed by atoms with Crippen LogP contribution in [0.15, 0.2) is 0 Å². The lowest BCUT2D eigenvalue weighted by Crippen LogP contribution is -2.30. The fourth-order valence-corrected chi connectivity index (χ4v) is 2.64. The number of aromatic amines is 1. The predicted molar refractivity (Wildman–Crippen MR) is 77.1 cm³/mol. The van der Waals surface area contributed by atoms with Crippen LogP contribution in [0, 0.1) is 10.7 Å². The molecule has 5 nitrogen and oxygen atoms in total. The summed E-state index contributed by atoms with van der Waals surface area (Å²) in [4.78, 5) is 11.7. The third-order valence-electron chi connectivity index (χ3n) is 3.08. The largest absolute Gasteiger partial charge is 0.354 e. The fraction of sp³-hybridized carbons (Fsp3) is 0.727. The summed E-state index contributed by atoms with van der Waals surface area (Å²) in [6, 6.07) is 0. The van der Waals surface area contributed by atoms with Gasteiger partial charge in [0.15, 0.2) is 4.77 Å². The van der Waals surface area contributed by atoms with Crippen molar-refractivity contribution in [2.24, 2.45) is 5.92 Å². The van der Waals surface area contributed by atoms with Crippen molar-refractivity contribution in [3.8, 4) is 0 Å². The van der Waals surface area contributed by atoms with Gasteiger partial charge in [-0.15, -0.1) is 23.2 Å². The van der Waals surface area contributed by atoms with E-state index in [-0.39, 0.29) is 17.7 Å². The molecule has 1 fully saturated rings. The van der Waals surface area contributed by atoms with E-state index in [2.05, 4.69) is 15.5 Å². The Labute approximate surface area is 126 Å². The van der Waals surface area contributed by atoms with Gasteiger partial charge in [0, 0.05) is 19.0 Å². The Morgan fingerprint density at radius 3 is 2.84 bits per heavy atom. The van der Waals surface area contributed by atoms with E-state index in [1.807, 2.05) is 18.4 Å². The van der Waals surface area contributed by atoms with Crippen molar-refractivity contribution in [3.63, 3.8) is 0 Å². The van der Waals surface area contributed by atoms with Gasteiger partial charge in [-0.2, -0.15) is 5.10 Å². The molecule has 0 bridgehead atoms. The lowest BCUT2D eigenvalue weighted by molar-refractivity contribution is -0.122. The van der Waals surface area contributed by atoms with Crippen molar-refractivity contribution < 1.29 is 4.79 Å². The number of H-pyrrole nitrogens is 1. The van der Waals surface area contributed by atoms with Crippen LogP contribution in [0.4, 0.5) is 0 Å². The normalized spacial score (nSPS) is 20.6. The fourth-order valence-electron chi connectivity index (χ4n) is 1.90. The molecule has 0 unspecified atom stereocenters. The van der Waals surface area contributed by atoms with Crippen molar-refractivity contribution in [2.45, 2.75) is 37.1 Å². The number of nitrogens with zero attached hydrogens (tertiary/aromatic N) is 2. The van der Waals surface area contributed by atoms with Crippen LogP contribution >= 0.6 is 35.4 Å². The number of nitrogens with one attached hydrogen (secondary N) is 2. The SMILES string of the molecule is CC(C)c1n[nH]c(=S)n1CCNC(=O)[C@@H]1CC1(Cl)Cl. The molecular formula is C11H16Cl2N4OS. The molecule has 1 atom stereocenters. The summed E-state index contributed by atoms with van der Waals surface area (Å²) in [5.41, 5.74) is 0. The van der Waals surface area contributed by atoms with Crippen molar-refractivity contribution in [2.75, 3.05) is 6.54 Å². The zero-order chi connectivity index (χ0) is 14.2. The molecule has 1 heterocycles. The number of carbonyl (C=O) groups is 1. The first-order chi connectivity index (χ1) is 8.83. The van der Waals surface area contributed by atoms with E-state index in [1.165, 1.54) is 0 Å². The van der Waals surface area contributed by atoms with Crippen LogP contribution in [0.5, 0.6) is 0 Å². The van der Waals surface area contributed by atoms with E-state index in [0.717, 1.165) is 5.82 Å². The molecule has 106 valence electrons. The molecule has 1 aliphatic rings. The zero-order valence-corrected chi connectivity index (χ0v) is 13.1. The highest BCUT2D eigenvalue weighted by atomic mass is 35.5. The van der Waals surface area contributed by atoms with Crippen LogP contribution in [-0.2, 0) is 11.3 Å². The number of halogens is 2. The highest BCUT2D eigenvalue weighted by Crippen LogP contribution is 2.53. The molecule has 2 rings (SSSR count). The zero-order valence-electron chi connectivity index (χ0n) is 10.7. The summed E-state index contributed by atoms with van der Waals surface area (Å²) in [5, 5.41) is 9.76. The quantitative estimate of drug-likeness (QED) is 0.646. The summed E-state index contributed by atoms with van der Waals surface area (Å²) in [5.74, 6) is 0.754. The van der Waals surface area contributed by atoms with E-state index in [1.54, 1.807) is 0 Å². The summed E-state index contributed by atoms with van der Waals surface area (Å²) < 4.78 is 1.58. The smallest absolute Gasteiger partial charge is 0.226 e. The van der Waals surface area contributed by atoms with E-state index in [0.29, 0.717) is 24.3 Å². The third-order valence-corrected chi connectivity index (χ3v) is 4.23. The van der Waals surface area contributed by atoms with Crippen LogP contribution in [0.2, 0.25) is 0 Å². The summed E-state index contributed by atoms with van der Waals surface area (Å²) in [6.07, 6.45) is 0.518. The minimum absolute atomic E-state index is 0.105. The van der Waals surface area contributed by atoms with Crippen molar-refractivity contribution in [1.82, 2.24) is 20.1 Å². The maximum absolute atomic E-state index is 11.7. The maximum atomic E-state index is 11.7. The van der Waals surface area contributed by atoms with Crippen LogP contribution in [0.25, 0.3) is 0 Å². The van der Waals surface area contributed by atoms with E-state index < -0.39 is 4.33 Å².